The quantitative estimate of drug-likeness (QED) is 0.459. The Labute approximate surface area is 102 Å². The number of rotatable bonds is 4. The highest BCUT2D eigenvalue weighted by Crippen LogP contribution is 2.08. The maximum Gasteiger partial charge on any atom is 0.191 e. The van der Waals surface area contributed by atoms with Crippen molar-refractivity contribution in [3.63, 3.8) is 0 Å². The Morgan fingerprint density at radius 3 is 2.94 bits per heavy atom. The molecule has 0 spiro atoms. The lowest BCUT2D eigenvalue weighted by atomic mass is 10.2. The summed E-state index contributed by atoms with van der Waals surface area (Å²) in [7, 11) is 1.80. The number of nitrogens with one attached hydrogen (secondary N) is 2. The Balaban J connectivity index is 1.69. The van der Waals surface area contributed by atoms with Gasteiger partial charge in [-0.1, -0.05) is 12.2 Å². The molecule has 92 valence electrons. The lowest BCUT2D eigenvalue weighted by molar-refractivity contribution is 0.615. The van der Waals surface area contributed by atoms with Gasteiger partial charge in [-0.25, -0.2) is 4.98 Å². The first-order valence-corrected chi connectivity index (χ1v) is 5.96. The van der Waals surface area contributed by atoms with Crippen LogP contribution in [0.2, 0.25) is 0 Å². The van der Waals surface area contributed by atoms with Gasteiger partial charge in [-0.2, -0.15) is 0 Å². The van der Waals surface area contributed by atoms with Crippen molar-refractivity contribution in [2.75, 3.05) is 13.6 Å². The first kappa shape index (κ1) is 11.7. The van der Waals surface area contributed by atoms with Gasteiger partial charge in [0.15, 0.2) is 5.96 Å². The second kappa shape index (κ2) is 6.08. The summed E-state index contributed by atoms with van der Waals surface area (Å²) >= 11 is 0. The highest BCUT2D eigenvalue weighted by Gasteiger charge is 2.10. The van der Waals surface area contributed by atoms with Gasteiger partial charge in [0.25, 0.3) is 0 Å². The van der Waals surface area contributed by atoms with Crippen molar-refractivity contribution in [1.29, 1.82) is 0 Å². The van der Waals surface area contributed by atoms with Crippen molar-refractivity contribution >= 4 is 5.96 Å². The highest BCUT2D eigenvalue weighted by molar-refractivity contribution is 5.80. The van der Waals surface area contributed by atoms with Crippen LogP contribution in [0.5, 0.6) is 0 Å². The zero-order valence-corrected chi connectivity index (χ0v) is 10.1. The highest BCUT2D eigenvalue weighted by atomic mass is 15.2. The summed E-state index contributed by atoms with van der Waals surface area (Å²) in [6.45, 7) is 1.74. The van der Waals surface area contributed by atoms with Crippen LogP contribution < -0.4 is 10.6 Å². The molecular weight excluding hydrogens is 214 g/mol. The second-order valence-electron chi connectivity index (χ2n) is 4.08. The average molecular weight is 233 g/mol. The smallest absolute Gasteiger partial charge is 0.191 e. The van der Waals surface area contributed by atoms with Gasteiger partial charge in [0.2, 0.25) is 0 Å². The first-order valence-electron chi connectivity index (χ1n) is 5.96. The molecule has 0 fully saturated rings. The summed E-state index contributed by atoms with van der Waals surface area (Å²) in [6.07, 6.45) is 12.1. The van der Waals surface area contributed by atoms with Gasteiger partial charge in [0, 0.05) is 38.6 Å². The number of nitrogens with zero attached hydrogens (tertiary/aromatic N) is 3. The molecule has 5 heteroatoms. The largest absolute Gasteiger partial charge is 0.355 e. The van der Waals surface area contributed by atoms with Crippen molar-refractivity contribution in [3.05, 3.63) is 30.9 Å². The van der Waals surface area contributed by atoms with Crippen molar-refractivity contribution < 1.29 is 0 Å². The molecule has 0 radical (unpaired) electrons. The van der Waals surface area contributed by atoms with E-state index in [0.717, 1.165) is 31.9 Å². The molecule has 0 atom stereocenters. The SMILES string of the molecule is CN=C(NCCn1ccnc1)NC1CC=CC1. The number of hydrogen-bond acceptors (Lipinski definition) is 2. The molecular formula is C12H19N5. The number of hydrogen-bond donors (Lipinski definition) is 2. The van der Waals surface area contributed by atoms with Gasteiger partial charge in [-0.3, -0.25) is 4.99 Å². The summed E-state index contributed by atoms with van der Waals surface area (Å²) in [5.41, 5.74) is 0. The van der Waals surface area contributed by atoms with E-state index in [0.29, 0.717) is 6.04 Å². The van der Waals surface area contributed by atoms with Crippen LogP contribution in [-0.4, -0.2) is 35.1 Å². The van der Waals surface area contributed by atoms with Crippen molar-refractivity contribution in [2.45, 2.75) is 25.4 Å². The molecule has 1 aliphatic carbocycles. The molecule has 0 saturated carbocycles. The van der Waals surface area contributed by atoms with Gasteiger partial charge in [0.05, 0.1) is 6.33 Å². The standard InChI is InChI=1S/C12H19N5/c1-13-12(16-11-4-2-3-5-11)15-7-9-17-8-6-14-10-17/h2-3,6,8,10-11H,4-5,7,9H2,1H3,(H2,13,15,16). The number of imidazole rings is 1. The minimum atomic E-state index is 0.495. The molecule has 0 saturated heterocycles. The molecule has 5 nitrogen and oxygen atoms in total. The molecule has 0 amide bonds. The van der Waals surface area contributed by atoms with E-state index in [2.05, 4.69) is 32.8 Å². The normalized spacial score (nSPS) is 16.4. The Bertz CT molecular complexity index is 372. The van der Waals surface area contributed by atoms with Gasteiger partial charge < -0.3 is 15.2 Å². The van der Waals surface area contributed by atoms with Crippen molar-refractivity contribution in [2.24, 2.45) is 4.99 Å². The van der Waals surface area contributed by atoms with Crippen LogP contribution in [0, 0.1) is 0 Å². The summed E-state index contributed by atoms with van der Waals surface area (Å²) < 4.78 is 2.04. The molecule has 1 aromatic heterocycles. The predicted octanol–water partition coefficient (Wildman–Crippen LogP) is 0.767. The third kappa shape index (κ3) is 3.62. The maximum absolute atomic E-state index is 4.21. The van der Waals surface area contributed by atoms with E-state index < -0.39 is 0 Å². The van der Waals surface area contributed by atoms with Crippen molar-refractivity contribution in [1.82, 2.24) is 20.2 Å². The fourth-order valence-electron chi connectivity index (χ4n) is 1.85. The van der Waals surface area contributed by atoms with Crippen molar-refractivity contribution in [3.8, 4) is 0 Å². The zero-order chi connectivity index (χ0) is 11.9. The predicted molar refractivity (Wildman–Crippen MR) is 68.9 cm³/mol. The minimum absolute atomic E-state index is 0.495. The van der Waals surface area contributed by atoms with E-state index >= 15 is 0 Å². The van der Waals surface area contributed by atoms with Crippen LogP contribution in [0.1, 0.15) is 12.8 Å². The van der Waals surface area contributed by atoms with Crippen LogP contribution in [0.4, 0.5) is 0 Å². The lowest BCUT2D eigenvalue weighted by Crippen LogP contribution is -2.43. The van der Waals surface area contributed by atoms with Gasteiger partial charge in [-0.05, 0) is 12.8 Å². The third-order valence-corrected chi connectivity index (χ3v) is 2.79. The van der Waals surface area contributed by atoms with Crippen LogP contribution >= 0.6 is 0 Å². The molecule has 0 bridgehead atoms. The van der Waals surface area contributed by atoms with Crippen LogP contribution in [0.3, 0.4) is 0 Å². The monoisotopic (exact) mass is 233 g/mol. The molecule has 2 rings (SSSR count). The lowest BCUT2D eigenvalue weighted by Gasteiger charge is -2.16. The van der Waals surface area contributed by atoms with E-state index in [-0.39, 0.29) is 0 Å². The molecule has 0 unspecified atom stereocenters. The molecule has 1 aromatic rings. The third-order valence-electron chi connectivity index (χ3n) is 2.79. The Morgan fingerprint density at radius 2 is 2.29 bits per heavy atom. The van der Waals surface area contributed by atoms with Gasteiger partial charge >= 0.3 is 0 Å². The van der Waals surface area contributed by atoms with Crippen LogP contribution in [-0.2, 0) is 6.54 Å². The summed E-state index contributed by atoms with van der Waals surface area (Å²) in [5, 5.41) is 6.69. The van der Waals surface area contributed by atoms with E-state index in [1.807, 2.05) is 17.1 Å². The molecule has 17 heavy (non-hydrogen) atoms. The van der Waals surface area contributed by atoms with Gasteiger partial charge in [-0.15, -0.1) is 0 Å². The second-order valence-corrected chi connectivity index (χ2v) is 4.08. The van der Waals surface area contributed by atoms with E-state index in [4.69, 9.17) is 0 Å². The van der Waals surface area contributed by atoms with Crippen LogP contribution in [0.15, 0.2) is 35.9 Å². The minimum Gasteiger partial charge on any atom is -0.355 e. The summed E-state index contributed by atoms with van der Waals surface area (Å²) in [5.74, 6) is 0.874. The van der Waals surface area contributed by atoms with E-state index in [1.165, 1.54) is 0 Å². The average Bonchev–Trinajstić information content (AvgIpc) is 3.00. The van der Waals surface area contributed by atoms with Gasteiger partial charge in [0.1, 0.15) is 0 Å². The summed E-state index contributed by atoms with van der Waals surface area (Å²) in [4.78, 5) is 8.22. The van der Waals surface area contributed by atoms with Crippen LogP contribution in [0.25, 0.3) is 0 Å². The fraction of sp³-hybridized carbons (Fsp3) is 0.500. The molecule has 1 aliphatic rings. The number of guanidine groups is 1. The fourth-order valence-corrected chi connectivity index (χ4v) is 1.85. The number of aromatic nitrogens is 2. The molecule has 0 aliphatic heterocycles. The topological polar surface area (TPSA) is 54.2 Å². The maximum atomic E-state index is 4.21. The molecule has 1 heterocycles. The molecule has 2 N–H and O–H groups in total. The number of aliphatic imine (C=N–C) groups is 1. The Kier molecular flexibility index (Phi) is 4.18. The Morgan fingerprint density at radius 1 is 1.47 bits per heavy atom. The van der Waals surface area contributed by atoms with E-state index in [1.54, 1.807) is 13.2 Å². The van der Waals surface area contributed by atoms with E-state index in [9.17, 15) is 0 Å². The summed E-state index contributed by atoms with van der Waals surface area (Å²) in [6, 6.07) is 0.495. The molecule has 0 aromatic carbocycles. The Hall–Kier alpha value is -1.78. The first-order chi connectivity index (χ1) is 8.38. The zero-order valence-electron chi connectivity index (χ0n) is 10.1.